The molecule has 1 aromatic rings. The molecule has 1 unspecified atom stereocenters. The largest absolute Gasteiger partial charge is 0.497 e. The number of rotatable bonds is 6. The quantitative estimate of drug-likeness (QED) is 0.808. The molecule has 1 aliphatic rings. The number of hydrogen-bond acceptors (Lipinski definition) is 3. The summed E-state index contributed by atoms with van der Waals surface area (Å²) in [5.41, 5.74) is 1.01. The molecule has 0 aliphatic carbocycles. The van der Waals surface area contributed by atoms with E-state index in [-0.39, 0.29) is 5.91 Å². The Balaban J connectivity index is 1.89. The first-order chi connectivity index (χ1) is 10.2. The Morgan fingerprint density at radius 3 is 3.05 bits per heavy atom. The van der Waals surface area contributed by atoms with E-state index in [4.69, 9.17) is 9.47 Å². The maximum Gasteiger partial charge on any atom is 0.227 e. The number of carbonyl (C=O) groups is 1. The van der Waals surface area contributed by atoms with E-state index in [0.29, 0.717) is 12.3 Å². The molecule has 0 bridgehead atoms. The second-order valence-corrected chi connectivity index (χ2v) is 5.54. The fraction of sp³-hybridized carbons (Fsp3) is 0.588. The van der Waals surface area contributed by atoms with Crippen molar-refractivity contribution in [3.63, 3.8) is 0 Å². The monoisotopic (exact) mass is 291 g/mol. The van der Waals surface area contributed by atoms with Crippen molar-refractivity contribution in [2.75, 3.05) is 33.4 Å². The Bertz CT molecular complexity index is 461. The van der Waals surface area contributed by atoms with Gasteiger partial charge in [-0.25, -0.2) is 0 Å². The summed E-state index contributed by atoms with van der Waals surface area (Å²) in [6.07, 6.45) is 2.67. The summed E-state index contributed by atoms with van der Waals surface area (Å²) in [6, 6.07) is 7.73. The Morgan fingerprint density at radius 2 is 2.29 bits per heavy atom. The molecule has 1 saturated heterocycles. The second kappa shape index (κ2) is 8.03. The fourth-order valence-electron chi connectivity index (χ4n) is 2.78. The highest BCUT2D eigenvalue weighted by atomic mass is 16.5. The molecule has 1 aromatic carbocycles. The van der Waals surface area contributed by atoms with Crippen LogP contribution >= 0.6 is 0 Å². The summed E-state index contributed by atoms with van der Waals surface area (Å²) in [6.45, 7) is 5.20. The van der Waals surface area contributed by atoms with Gasteiger partial charge in [-0.2, -0.15) is 0 Å². The van der Waals surface area contributed by atoms with E-state index in [1.807, 2.05) is 36.1 Å². The van der Waals surface area contributed by atoms with Gasteiger partial charge in [0.2, 0.25) is 5.91 Å². The van der Waals surface area contributed by atoms with Gasteiger partial charge >= 0.3 is 0 Å². The van der Waals surface area contributed by atoms with E-state index in [1.54, 1.807) is 7.11 Å². The van der Waals surface area contributed by atoms with Gasteiger partial charge in [-0.1, -0.05) is 12.1 Å². The summed E-state index contributed by atoms with van der Waals surface area (Å²) in [4.78, 5) is 14.4. The van der Waals surface area contributed by atoms with Gasteiger partial charge in [-0.3, -0.25) is 4.79 Å². The predicted octanol–water partition coefficient (Wildman–Crippen LogP) is 2.51. The molecule has 0 saturated carbocycles. The van der Waals surface area contributed by atoms with Crippen LogP contribution in [0.3, 0.4) is 0 Å². The van der Waals surface area contributed by atoms with Crippen LogP contribution in [0.5, 0.6) is 5.75 Å². The topological polar surface area (TPSA) is 38.8 Å². The predicted molar refractivity (Wildman–Crippen MR) is 82.5 cm³/mol. The number of likely N-dealkylation sites (tertiary alicyclic amines) is 1. The molecule has 4 heteroatoms. The van der Waals surface area contributed by atoms with Gasteiger partial charge in [0.1, 0.15) is 5.75 Å². The molecule has 1 atom stereocenters. The summed E-state index contributed by atoms with van der Waals surface area (Å²) < 4.78 is 10.7. The lowest BCUT2D eigenvalue weighted by molar-refractivity contribution is -0.132. The van der Waals surface area contributed by atoms with E-state index < -0.39 is 0 Å². The van der Waals surface area contributed by atoms with Crippen LogP contribution in [0.25, 0.3) is 0 Å². The van der Waals surface area contributed by atoms with Crippen molar-refractivity contribution in [2.24, 2.45) is 5.92 Å². The number of methoxy groups -OCH3 is 1. The number of ether oxygens (including phenoxy) is 2. The van der Waals surface area contributed by atoms with Crippen molar-refractivity contribution < 1.29 is 14.3 Å². The smallest absolute Gasteiger partial charge is 0.227 e. The molecule has 0 radical (unpaired) electrons. The van der Waals surface area contributed by atoms with Crippen LogP contribution in [0.1, 0.15) is 25.3 Å². The summed E-state index contributed by atoms with van der Waals surface area (Å²) in [5.74, 6) is 1.48. The zero-order chi connectivity index (χ0) is 15.1. The lowest BCUT2D eigenvalue weighted by Gasteiger charge is -2.32. The van der Waals surface area contributed by atoms with E-state index in [9.17, 15) is 4.79 Å². The molecule has 1 fully saturated rings. The van der Waals surface area contributed by atoms with Crippen molar-refractivity contribution in [1.82, 2.24) is 4.90 Å². The van der Waals surface area contributed by atoms with Gasteiger partial charge in [-0.05, 0) is 43.4 Å². The molecule has 21 heavy (non-hydrogen) atoms. The minimum atomic E-state index is 0.199. The lowest BCUT2D eigenvalue weighted by atomic mass is 9.98. The summed E-state index contributed by atoms with van der Waals surface area (Å²) in [5, 5.41) is 0. The van der Waals surface area contributed by atoms with Crippen LogP contribution < -0.4 is 4.74 Å². The minimum absolute atomic E-state index is 0.199. The maximum absolute atomic E-state index is 12.4. The van der Waals surface area contributed by atoms with Gasteiger partial charge in [-0.15, -0.1) is 0 Å². The van der Waals surface area contributed by atoms with Gasteiger partial charge < -0.3 is 14.4 Å². The molecule has 116 valence electrons. The molecule has 0 spiro atoms. The van der Waals surface area contributed by atoms with Gasteiger partial charge in [0.15, 0.2) is 0 Å². The number of benzene rings is 1. The van der Waals surface area contributed by atoms with Crippen LogP contribution in [0.15, 0.2) is 24.3 Å². The number of hydrogen-bond donors (Lipinski definition) is 0. The zero-order valence-electron chi connectivity index (χ0n) is 13.0. The normalized spacial score (nSPS) is 18.6. The van der Waals surface area contributed by atoms with Crippen LogP contribution in [0.2, 0.25) is 0 Å². The molecule has 0 aromatic heterocycles. The summed E-state index contributed by atoms with van der Waals surface area (Å²) in [7, 11) is 1.64. The molecular weight excluding hydrogens is 266 g/mol. The first kappa shape index (κ1) is 15.8. The van der Waals surface area contributed by atoms with Crippen LogP contribution in [-0.2, 0) is 16.0 Å². The second-order valence-electron chi connectivity index (χ2n) is 5.54. The average Bonchev–Trinajstić information content (AvgIpc) is 2.53. The molecule has 1 amide bonds. The van der Waals surface area contributed by atoms with Gasteiger partial charge in [0, 0.05) is 19.7 Å². The molecule has 2 rings (SSSR count). The third kappa shape index (κ3) is 4.74. The lowest BCUT2D eigenvalue weighted by Crippen LogP contribution is -2.42. The van der Waals surface area contributed by atoms with E-state index in [2.05, 4.69) is 0 Å². The first-order valence-electron chi connectivity index (χ1n) is 7.71. The molecule has 0 N–H and O–H groups in total. The number of carbonyl (C=O) groups excluding carboxylic acids is 1. The van der Waals surface area contributed by atoms with Crippen LogP contribution in [0.4, 0.5) is 0 Å². The minimum Gasteiger partial charge on any atom is -0.497 e. The van der Waals surface area contributed by atoms with E-state index in [0.717, 1.165) is 50.5 Å². The van der Waals surface area contributed by atoms with Crippen molar-refractivity contribution in [3.8, 4) is 5.75 Å². The summed E-state index contributed by atoms with van der Waals surface area (Å²) >= 11 is 0. The standard InChI is InChI=1S/C17H25NO3/c1-3-21-13-15-7-5-9-18(12-15)17(19)11-14-6-4-8-16(10-14)20-2/h4,6,8,10,15H,3,5,7,9,11-13H2,1-2H3. The molecular formula is C17H25NO3. The van der Waals surface area contributed by atoms with E-state index in [1.165, 1.54) is 0 Å². The SMILES string of the molecule is CCOCC1CCCN(C(=O)Cc2cccc(OC)c2)C1. The van der Waals surface area contributed by atoms with Crippen molar-refractivity contribution in [1.29, 1.82) is 0 Å². The Hall–Kier alpha value is -1.55. The van der Waals surface area contributed by atoms with Crippen molar-refractivity contribution in [2.45, 2.75) is 26.2 Å². The maximum atomic E-state index is 12.4. The third-order valence-corrected chi connectivity index (χ3v) is 3.92. The number of nitrogens with zero attached hydrogens (tertiary/aromatic N) is 1. The average molecular weight is 291 g/mol. The highest BCUT2D eigenvalue weighted by Gasteiger charge is 2.23. The molecule has 1 heterocycles. The highest BCUT2D eigenvalue weighted by molar-refractivity contribution is 5.79. The van der Waals surface area contributed by atoms with E-state index >= 15 is 0 Å². The van der Waals surface area contributed by atoms with Crippen molar-refractivity contribution in [3.05, 3.63) is 29.8 Å². The highest BCUT2D eigenvalue weighted by Crippen LogP contribution is 2.19. The van der Waals surface area contributed by atoms with Crippen molar-refractivity contribution >= 4 is 5.91 Å². The molecule has 4 nitrogen and oxygen atoms in total. The Morgan fingerprint density at radius 1 is 1.43 bits per heavy atom. The Labute approximate surface area is 127 Å². The van der Waals surface area contributed by atoms with Gasteiger partial charge in [0.25, 0.3) is 0 Å². The third-order valence-electron chi connectivity index (χ3n) is 3.92. The van der Waals surface area contributed by atoms with Crippen LogP contribution in [0, 0.1) is 5.92 Å². The fourth-order valence-corrected chi connectivity index (χ4v) is 2.78. The number of amides is 1. The Kier molecular flexibility index (Phi) is 6.05. The van der Waals surface area contributed by atoms with Crippen LogP contribution in [-0.4, -0.2) is 44.2 Å². The number of piperidine rings is 1. The first-order valence-corrected chi connectivity index (χ1v) is 7.71. The zero-order valence-corrected chi connectivity index (χ0v) is 13.0. The molecule has 1 aliphatic heterocycles. The van der Waals surface area contributed by atoms with Gasteiger partial charge in [0.05, 0.1) is 20.1 Å².